The molecule has 0 radical (unpaired) electrons. The molecular formula is C27H30O16. The van der Waals surface area contributed by atoms with Crippen LogP contribution in [0.5, 0.6) is 28.7 Å². The van der Waals surface area contributed by atoms with Gasteiger partial charge in [-0.05, 0) is 25.1 Å². The first-order valence-corrected chi connectivity index (χ1v) is 13.0. The monoisotopic (exact) mass is 610 g/mol. The predicted octanol–water partition coefficient (Wildman–Crippen LogP) is -1.69. The van der Waals surface area contributed by atoms with Crippen LogP contribution in [0.3, 0.4) is 0 Å². The molecule has 234 valence electrons. The first kappa shape index (κ1) is 30.7. The van der Waals surface area contributed by atoms with E-state index in [-0.39, 0.29) is 11.1 Å². The lowest BCUT2D eigenvalue weighted by Crippen LogP contribution is -2.61. The second-order valence-corrected chi connectivity index (χ2v) is 10.3. The van der Waals surface area contributed by atoms with E-state index in [0.29, 0.717) is 0 Å². The molecule has 0 spiro atoms. The number of ether oxygens (including phenoxy) is 4. The Morgan fingerprint density at radius 1 is 0.744 bits per heavy atom. The molecule has 0 amide bonds. The quantitative estimate of drug-likeness (QED) is 0.140. The van der Waals surface area contributed by atoms with Gasteiger partial charge in [-0.15, -0.1) is 0 Å². The second-order valence-electron chi connectivity index (χ2n) is 10.3. The smallest absolute Gasteiger partial charge is 0.239 e. The number of phenolic OH excluding ortho intramolecular Hbond substituents is 4. The van der Waals surface area contributed by atoms with Gasteiger partial charge in [0.15, 0.2) is 23.5 Å². The van der Waals surface area contributed by atoms with Crippen LogP contribution in [0.1, 0.15) is 6.92 Å². The molecule has 10 N–H and O–H groups in total. The average Bonchev–Trinajstić information content (AvgIpc) is 2.96. The van der Waals surface area contributed by atoms with Crippen LogP contribution in [0.2, 0.25) is 0 Å². The normalized spacial score (nSPS) is 33.0. The molecule has 3 heterocycles. The Bertz CT molecular complexity index is 1540. The third-order valence-corrected chi connectivity index (χ3v) is 7.29. The fourth-order valence-corrected chi connectivity index (χ4v) is 4.84. The first-order valence-electron chi connectivity index (χ1n) is 13.0. The Labute approximate surface area is 241 Å². The van der Waals surface area contributed by atoms with Crippen LogP contribution in [0.25, 0.3) is 22.3 Å². The van der Waals surface area contributed by atoms with Crippen LogP contribution < -0.4 is 10.2 Å². The standard InChI is InChI=1S/C27H30O16/c1-8-17(32)20(35)22(37)26(40-8)39-7-15-18(33)21(36)23(38)27(42-15)43-25-19(34)16-13(31)5-10(28)6-14(16)41-24(25)9-2-3-11(29)12(30)4-9/h2-6,8,15,17-18,20-23,26-33,35-38H,7H2,1H3/t8-,15+,17-,18-,20-,21-,22-,23-,26+,27-/m0/s1. The Morgan fingerprint density at radius 2 is 1.42 bits per heavy atom. The van der Waals surface area contributed by atoms with Crippen molar-refractivity contribution in [2.45, 2.75) is 68.3 Å². The van der Waals surface area contributed by atoms with Crippen molar-refractivity contribution in [3.63, 3.8) is 0 Å². The van der Waals surface area contributed by atoms with Gasteiger partial charge in [0.2, 0.25) is 17.5 Å². The minimum absolute atomic E-state index is 0.0313. The van der Waals surface area contributed by atoms with Crippen LogP contribution in [-0.2, 0) is 14.2 Å². The van der Waals surface area contributed by atoms with Crippen molar-refractivity contribution in [3.8, 4) is 40.1 Å². The number of aromatic hydroxyl groups is 4. The summed E-state index contributed by atoms with van der Waals surface area (Å²) in [5, 5.41) is 101. The van der Waals surface area contributed by atoms with Crippen LogP contribution in [-0.4, -0.2) is 119 Å². The van der Waals surface area contributed by atoms with Gasteiger partial charge < -0.3 is 74.4 Å². The van der Waals surface area contributed by atoms with Crippen LogP contribution in [0.4, 0.5) is 0 Å². The van der Waals surface area contributed by atoms with Crippen molar-refractivity contribution in [2.75, 3.05) is 6.61 Å². The molecule has 16 heteroatoms. The number of aliphatic hydroxyl groups is 6. The maximum atomic E-state index is 13.6. The number of hydrogen-bond donors (Lipinski definition) is 10. The topological polar surface area (TPSA) is 269 Å². The summed E-state index contributed by atoms with van der Waals surface area (Å²) in [4.78, 5) is 13.6. The molecule has 43 heavy (non-hydrogen) atoms. The Hall–Kier alpha value is -3.71. The molecular weight excluding hydrogens is 580 g/mol. The van der Waals surface area contributed by atoms with Crippen LogP contribution >= 0.6 is 0 Å². The molecule has 0 unspecified atom stereocenters. The molecule has 2 saturated heterocycles. The highest BCUT2D eigenvalue weighted by atomic mass is 16.7. The molecule has 2 aromatic carbocycles. The van der Waals surface area contributed by atoms with Gasteiger partial charge in [0, 0.05) is 17.7 Å². The van der Waals surface area contributed by atoms with Crippen molar-refractivity contribution >= 4 is 11.0 Å². The molecule has 0 saturated carbocycles. The maximum absolute atomic E-state index is 13.6. The molecule has 3 aromatic rings. The fraction of sp³-hybridized carbons (Fsp3) is 0.444. The highest BCUT2D eigenvalue weighted by molar-refractivity contribution is 5.88. The predicted molar refractivity (Wildman–Crippen MR) is 140 cm³/mol. The van der Waals surface area contributed by atoms with Crippen molar-refractivity contribution < 1.29 is 74.4 Å². The van der Waals surface area contributed by atoms with Gasteiger partial charge in [0.25, 0.3) is 0 Å². The van der Waals surface area contributed by atoms with Crippen molar-refractivity contribution in [1.82, 2.24) is 0 Å². The molecule has 5 rings (SSSR count). The number of rotatable bonds is 6. The zero-order valence-electron chi connectivity index (χ0n) is 22.3. The summed E-state index contributed by atoms with van der Waals surface area (Å²) < 4.78 is 27.8. The maximum Gasteiger partial charge on any atom is 0.239 e. The molecule has 2 aliphatic rings. The summed E-state index contributed by atoms with van der Waals surface area (Å²) in [6.07, 6.45) is -16.2. The molecule has 16 nitrogen and oxygen atoms in total. The molecule has 0 bridgehead atoms. The fourth-order valence-electron chi connectivity index (χ4n) is 4.84. The number of benzene rings is 2. The lowest BCUT2D eigenvalue weighted by Gasteiger charge is -2.42. The van der Waals surface area contributed by atoms with E-state index in [1.807, 2.05) is 0 Å². The third-order valence-electron chi connectivity index (χ3n) is 7.29. The third kappa shape index (κ3) is 5.67. The van der Waals surface area contributed by atoms with Crippen LogP contribution in [0.15, 0.2) is 39.5 Å². The van der Waals surface area contributed by atoms with E-state index in [2.05, 4.69) is 0 Å². The Kier molecular flexibility index (Phi) is 8.41. The van der Waals surface area contributed by atoms with E-state index in [1.165, 1.54) is 13.0 Å². The van der Waals surface area contributed by atoms with E-state index in [0.717, 1.165) is 24.3 Å². The van der Waals surface area contributed by atoms with Crippen molar-refractivity contribution in [1.29, 1.82) is 0 Å². The molecule has 10 atom stereocenters. The highest BCUT2D eigenvalue weighted by Crippen LogP contribution is 2.39. The number of hydrogen-bond acceptors (Lipinski definition) is 16. The lowest BCUT2D eigenvalue weighted by atomic mass is 9.98. The summed E-state index contributed by atoms with van der Waals surface area (Å²) in [7, 11) is 0. The van der Waals surface area contributed by atoms with E-state index in [9.17, 15) is 55.9 Å². The summed E-state index contributed by atoms with van der Waals surface area (Å²) in [6.45, 7) is 0.818. The number of phenols is 4. The van der Waals surface area contributed by atoms with Gasteiger partial charge in [-0.25, -0.2) is 0 Å². The van der Waals surface area contributed by atoms with E-state index >= 15 is 0 Å². The molecule has 0 aliphatic carbocycles. The van der Waals surface area contributed by atoms with Crippen molar-refractivity contribution in [2.24, 2.45) is 0 Å². The van der Waals surface area contributed by atoms with Crippen molar-refractivity contribution in [3.05, 3.63) is 40.6 Å². The van der Waals surface area contributed by atoms with Crippen LogP contribution in [0, 0.1) is 0 Å². The number of fused-ring (bicyclic) bond motifs is 1. The Balaban J connectivity index is 1.48. The zero-order valence-corrected chi connectivity index (χ0v) is 22.3. The summed E-state index contributed by atoms with van der Waals surface area (Å²) in [5.41, 5.74) is -1.35. The minimum Gasteiger partial charge on any atom is -0.508 e. The van der Waals surface area contributed by atoms with E-state index < -0.39 is 113 Å². The molecule has 2 aliphatic heterocycles. The van der Waals surface area contributed by atoms with Gasteiger partial charge in [0.05, 0.1) is 12.7 Å². The van der Waals surface area contributed by atoms with Gasteiger partial charge in [-0.3, -0.25) is 4.79 Å². The second kappa shape index (κ2) is 11.8. The first-order chi connectivity index (χ1) is 20.3. The zero-order chi connectivity index (χ0) is 31.3. The van der Waals surface area contributed by atoms with Gasteiger partial charge >= 0.3 is 0 Å². The number of aliphatic hydroxyl groups excluding tert-OH is 6. The molecule has 2 fully saturated rings. The highest BCUT2D eigenvalue weighted by Gasteiger charge is 2.47. The van der Waals surface area contributed by atoms with Gasteiger partial charge in [-0.2, -0.15) is 0 Å². The SMILES string of the molecule is C[C@@H]1O[C@@H](OC[C@H]2O[C@@H](Oc3c(-c4ccc(O)c(O)c4)oc4cc(O)cc(O)c4c3=O)[C@@H](O)[C@@H](O)[C@H]2O)[C@@H](O)[C@@H](O)[C@H]1O. The molecule has 1 aromatic heterocycles. The summed E-state index contributed by atoms with van der Waals surface area (Å²) in [5.74, 6) is -3.33. The van der Waals surface area contributed by atoms with Gasteiger partial charge in [0.1, 0.15) is 65.2 Å². The summed E-state index contributed by atoms with van der Waals surface area (Å²) in [6, 6.07) is 5.24. The van der Waals surface area contributed by atoms with E-state index in [4.69, 9.17) is 23.4 Å². The average molecular weight is 611 g/mol. The minimum atomic E-state index is -1.97. The summed E-state index contributed by atoms with van der Waals surface area (Å²) >= 11 is 0. The Morgan fingerprint density at radius 3 is 2.12 bits per heavy atom. The lowest BCUT2D eigenvalue weighted by molar-refractivity contribution is -0.318. The largest absolute Gasteiger partial charge is 0.508 e. The van der Waals surface area contributed by atoms with E-state index in [1.54, 1.807) is 0 Å². The van der Waals surface area contributed by atoms with Gasteiger partial charge in [-0.1, -0.05) is 0 Å².